The normalized spacial score (nSPS) is 18.7. The predicted molar refractivity (Wildman–Crippen MR) is 104 cm³/mol. The van der Waals surface area contributed by atoms with Gasteiger partial charge in [0.15, 0.2) is 0 Å². The van der Waals surface area contributed by atoms with Crippen LogP contribution in [0.3, 0.4) is 0 Å². The summed E-state index contributed by atoms with van der Waals surface area (Å²) in [5, 5.41) is 16.7. The van der Waals surface area contributed by atoms with Crippen molar-refractivity contribution in [2.24, 2.45) is 5.92 Å². The number of carbonyl (C=O) groups excluding carboxylic acids is 2. The third-order valence-corrected chi connectivity index (χ3v) is 5.06. The molecule has 1 aromatic heterocycles. The summed E-state index contributed by atoms with van der Waals surface area (Å²) in [6.45, 7) is 0.663. The molecule has 0 radical (unpaired) electrons. The summed E-state index contributed by atoms with van der Waals surface area (Å²) in [6.07, 6.45) is 5.15. The van der Waals surface area contributed by atoms with Gasteiger partial charge in [0.25, 0.3) is 5.91 Å². The van der Waals surface area contributed by atoms with E-state index >= 15 is 0 Å². The van der Waals surface area contributed by atoms with Gasteiger partial charge in [0, 0.05) is 18.7 Å². The molecule has 2 aromatic rings. The zero-order valence-corrected chi connectivity index (χ0v) is 16.6. The quantitative estimate of drug-likeness (QED) is 0.670. The Morgan fingerprint density at radius 1 is 1.24 bits per heavy atom. The summed E-state index contributed by atoms with van der Waals surface area (Å²) in [6, 6.07) is 5.19. The van der Waals surface area contributed by atoms with Crippen LogP contribution in [0.4, 0.5) is 0 Å². The van der Waals surface area contributed by atoms with Gasteiger partial charge in [-0.05, 0) is 47.7 Å². The molecule has 0 unspecified atom stereocenters. The fraction of sp³-hybridized carbons (Fsp3) is 0.526. The molecule has 1 aliphatic rings. The minimum absolute atomic E-state index is 0.0597. The Morgan fingerprint density at radius 2 is 2.10 bits per heavy atom. The average molecular weight is 402 g/mol. The average Bonchev–Trinajstić information content (AvgIpc) is 3.25. The molecular weight excluding hydrogens is 376 g/mol. The molecular formula is C19H26N6O4. The van der Waals surface area contributed by atoms with Gasteiger partial charge in [-0.25, -0.2) is 4.68 Å². The van der Waals surface area contributed by atoms with Gasteiger partial charge >= 0.3 is 0 Å². The molecule has 0 spiro atoms. The van der Waals surface area contributed by atoms with Crippen molar-refractivity contribution in [3.05, 3.63) is 30.1 Å². The van der Waals surface area contributed by atoms with E-state index in [4.69, 9.17) is 9.47 Å². The van der Waals surface area contributed by atoms with Crippen molar-refractivity contribution in [2.75, 3.05) is 20.8 Å². The highest BCUT2D eigenvalue weighted by Gasteiger charge is 2.25. The third-order valence-electron chi connectivity index (χ3n) is 5.06. The van der Waals surface area contributed by atoms with Crippen LogP contribution < -0.4 is 20.1 Å². The van der Waals surface area contributed by atoms with Crippen molar-refractivity contribution < 1.29 is 19.1 Å². The minimum Gasteiger partial charge on any atom is -0.497 e. The number of methoxy groups -OCH3 is 2. The first-order valence-corrected chi connectivity index (χ1v) is 9.59. The van der Waals surface area contributed by atoms with Crippen LogP contribution in [0.5, 0.6) is 11.5 Å². The summed E-state index contributed by atoms with van der Waals surface area (Å²) >= 11 is 0. The molecule has 156 valence electrons. The van der Waals surface area contributed by atoms with Crippen LogP contribution in [-0.2, 0) is 11.3 Å². The maximum atomic E-state index is 12.7. The summed E-state index contributed by atoms with van der Waals surface area (Å²) in [5.41, 5.74) is 0.477. The lowest BCUT2D eigenvalue weighted by atomic mass is 9.85. The van der Waals surface area contributed by atoms with E-state index in [1.807, 2.05) is 0 Å². The highest BCUT2D eigenvalue weighted by Crippen LogP contribution is 2.27. The molecule has 1 aliphatic carbocycles. The number of nitrogens with one attached hydrogen (secondary N) is 2. The van der Waals surface area contributed by atoms with Gasteiger partial charge in [0.2, 0.25) is 5.91 Å². The summed E-state index contributed by atoms with van der Waals surface area (Å²) < 4.78 is 11.9. The summed E-state index contributed by atoms with van der Waals surface area (Å²) in [4.78, 5) is 24.7. The molecule has 1 fully saturated rings. The minimum atomic E-state index is -0.169. The van der Waals surface area contributed by atoms with E-state index in [0.29, 0.717) is 29.5 Å². The van der Waals surface area contributed by atoms with E-state index in [1.54, 1.807) is 25.3 Å². The zero-order chi connectivity index (χ0) is 20.6. The molecule has 0 aliphatic heterocycles. The van der Waals surface area contributed by atoms with E-state index in [1.165, 1.54) is 18.1 Å². The van der Waals surface area contributed by atoms with Crippen LogP contribution in [-0.4, -0.2) is 58.8 Å². The molecule has 2 atom stereocenters. The van der Waals surface area contributed by atoms with E-state index in [9.17, 15) is 9.59 Å². The number of tetrazole rings is 1. The zero-order valence-electron chi connectivity index (χ0n) is 16.6. The molecule has 1 aromatic carbocycles. The van der Waals surface area contributed by atoms with E-state index in [2.05, 4.69) is 26.2 Å². The molecule has 1 saturated carbocycles. The lowest BCUT2D eigenvalue weighted by Crippen LogP contribution is -2.41. The second-order valence-electron chi connectivity index (χ2n) is 7.08. The van der Waals surface area contributed by atoms with E-state index < -0.39 is 0 Å². The first kappa shape index (κ1) is 20.6. The summed E-state index contributed by atoms with van der Waals surface area (Å²) in [7, 11) is 3.10. The van der Waals surface area contributed by atoms with Crippen molar-refractivity contribution in [3.63, 3.8) is 0 Å². The number of hydrogen-bond acceptors (Lipinski definition) is 7. The van der Waals surface area contributed by atoms with Crippen LogP contribution in [0.1, 0.15) is 36.0 Å². The molecule has 29 heavy (non-hydrogen) atoms. The Balaban J connectivity index is 1.50. The SMILES string of the molecule is COc1ccc(C(=O)N[C@H]2CCC[C@@H](CNC(=O)Cn3cnnn3)C2)c(OC)c1. The van der Waals surface area contributed by atoms with E-state index in [-0.39, 0.29) is 24.4 Å². The van der Waals surface area contributed by atoms with E-state index in [0.717, 1.165) is 25.7 Å². The van der Waals surface area contributed by atoms with Crippen LogP contribution in [0, 0.1) is 5.92 Å². The van der Waals surface area contributed by atoms with Crippen LogP contribution in [0.15, 0.2) is 24.5 Å². The molecule has 3 rings (SSSR count). The van der Waals surface area contributed by atoms with Gasteiger partial charge < -0.3 is 20.1 Å². The van der Waals surface area contributed by atoms with Crippen molar-refractivity contribution in [2.45, 2.75) is 38.3 Å². The number of ether oxygens (including phenoxy) is 2. The fourth-order valence-electron chi connectivity index (χ4n) is 3.57. The molecule has 0 saturated heterocycles. The first-order chi connectivity index (χ1) is 14.1. The second-order valence-corrected chi connectivity index (χ2v) is 7.08. The third kappa shape index (κ3) is 5.66. The Labute approximate surface area is 168 Å². The molecule has 0 bridgehead atoms. The van der Waals surface area contributed by atoms with Gasteiger partial charge in [-0.3, -0.25) is 9.59 Å². The Kier molecular flexibility index (Phi) is 6.99. The second kappa shape index (κ2) is 9.85. The monoisotopic (exact) mass is 402 g/mol. The number of amides is 2. The highest BCUT2D eigenvalue weighted by atomic mass is 16.5. The first-order valence-electron chi connectivity index (χ1n) is 9.59. The van der Waals surface area contributed by atoms with Crippen LogP contribution >= 0.6 is 0 Å². The number of rotatable bonds is 8. The Bertz CT molecular complexity index is 826. The highest BCUT2D eigenvalue weighted by molar-refractivity contribution is 5.97. The molecule has 2 amide bonds. The number of aromatic nitrogens is 4. The molecule has 10 heteroatoms. The topological polar surface area (TPSA) is 120 Å². The maximum Gasteiger partial charge on any atom is 0.255 e. The van der Waals surface area contributed by atoms with Gasteiger partial charge in [-0.2, -0.15) is 0 Å². The summed E-state index contributed by atoms with van der Waals surface area (Å²) in [5.74, 6) is 1.12. The standard InChI is InChI=1S/C19H26N6O4/c1-28-15-6-7-16(17(9-15)29-2)19(27)22-14-5-3-4-13(8-14)10-20-18(26)11-25-12-21-23-24-25/h6-7,9,12-14H,3-5,8,10-11H2,1-2H3,(H,20,26)(H,22,27)/t13-,14+/m1/s1. The van der Waals surface area contributed by atoms with Gasteiger partial charge in [-0.1, -0.05) is 6.42 Å². The lowest BCUT2D eigenvalue weighted by molar-refractivity contribution is -0.122. The smallest absolute Gasteiger partial charge is 0.255 e. The van der Waals surface area contributed by atoms with Crippen molar-refractivity contribution in [1.29, 1.82) is 0 Å². The fourth-order valence-corrected chi connectivity index (χ4v) is 3.57. The largest absolute Gasteiger partial charge is 0.497 e. The van der Waals surface area contributed by atoms with Gasteiger partial charge in [0.05, 0.1) is 19.8 Å². The maximum absolute atomic E-state index is 12.7. The lowest BCUT2D eigenvalue weighted by Gasteiger charge is -2.30. The Morgan fingerprint density at radius 3 is 2.83 bits per heavy atom. The van der Waals surface area contributed by atoms with Crippen LogP contribution in [0.2, 0.25) is 0 Å². The van der Waals surface area contributed by atoms with Gasteiger partial charge in [-0.15, -0.1) is 5.10 Å². The van der Waals surface area contributed by atoms with Crippen molar-refractivity contribution in [1.82, 2.24) is 30.8 Å². The van der Waals surface area contributed by atoms with Crippen molar-refractivity contribution in [3.8, 4) is 11.5 Å². The van der Waals surface area contributed by atoms with Gasteiger partial charge in [0.1, 0.15) is 24.4 Å². The number of benzene rings is 1. The predicted octanol–water partition coefficient (Wildman–Crippen LogP) is 0.795. The van der Waals surface area contributed by atoms with Crippen LogP contribution in [0.25, 0.3) is 0 Å². The molecule has 10 nitrogen and oxygen atoms in total. The number of nitrogens with zero attached hydrogens (tertiary/aromatic N) is 4. The van der Waals surface area contributed by atoms with Crippen molar-refractivity contribution >= 4 is 11.8 Å². The number of hydrogen-bond donors (Lipinski definition) is 2. The Hall–Kier alpha value is -3.17. The molecule has 1 heterocycles. The molecule has 2 N–H and O–H groups in total. The number of carbonyl (C=O) groups is 2.